The Hall–Kier alpha value is -4.73. The number of aromatic nitrogens is 3. The van der Waals surface area contributed by atoms with E-state index >= 15 is 0 Å². The summed E-state index contributed by atoms with van der Waals surface area (Å²) in [7, 11) is 1.64. The number of rotatable bonds is 13. The van der Waals surface area contributed by atoms with Crippen LogP contribution in [0.2, 0.25) is 0 Å². The van der Waals surface area contributed by atoms with Crippen molar-refractivity contribution in [1.29, 1.82) is 0 Å². The minimum atomic E-state index is -1.79. The van der Waals surface area contributed by atoms with E-state index in [0.29, 0.717) is 29.4 Å². The summed E-state index contributed by atoms with van der Waals surface area (Å²) in [5.41, 5.74) is 1.37. The van der Waals surface area contributed by atoms with Crippen molar-refractivity contribution >= 4 is 23.5 Å². The highest BCUT2D eigenvalue weighted by Crippen LogP contribution is 2.38. The van der Waals surface area contributed by atoms with Gasteiger partial charge in [-0.15, -0.1) is 0 Å². The van der Waals surface area contributed by atoms with Crippen LogP contribution >= 0.6 is 0 Å². The van der Waals surface area contributed by atoms with Gasteiger partial charge in [0.2, 0.25) is 0 Å². The first kappa shape index (κ1) is 34.8. The van der Waals surface area contributed by atoms with Gasteiger partial charge in [0.15, 0.2) is 18.5 Å². The van der Waals surface area contributed by atoms with Crippen LogP contribution in [-0.2, 0) is 27.3 Å². The van der Waals surface area contributed by atoms with Gasteiger partial charge in [-0.25, -0.2) is 14.5 Å². The fourth-order valence-electron chi connectivity index (χ4n) is 4.35. The number of β-amino-alcohol motifs (C(OH)–C–C–N with tert-alkyl or cyclic N) is 1. The normalized spacial score (nSPS) is 13.8. The molecule has 0 bridgehead atoms. The fraction of sp³-hybridized carbons (Fsp3) is 0.433. The molecular weight excluding hydrogens is 590 g/mol. The summed E-state index contributed by atoms with van der Waals surface area (Å²) >= 11 is 0. The molecule has 2 unspecified atom stereocenters. The van der Waals surface area contributed by atoms with Crippen molar-refractivity contribution in [3.8, 4) is 28.6 Å². The van der Waals surface area contributed by atoms with E-state index in [-0.39, 0.29) is 30.3 Å². The topological polar surface area (TPSA) is 226 Å². The van der Waals surface area contributed by atoms with Crippen LogP contribution in [0.5, 0.6) is 17.2 Å². The lowest BCUT2D eigenvalue weighted by atomic mass is 9.99. The highest BCUT2D eigenvalue weighted by atomic mass is 16.5. The number of amides is 1. The molecular formula is C30H39N5O10. The number of ether oxygens (including phenoxy) is 2. The van der Waals surface area contributed by atoms with E-state index in [1.807, 2.05) is 28.9 Å². The molecule has 2 heterocycles. The molecule has 2 atom stereocenters. The van der Waals surface area contributed by atoms with Gasteiger partial charge in [-0.3, -0.25) is 9.59 Å². The van der Waals surface area contributed by atoms with Crippen molar-refractivity contribution in [1.82, 2.24) is 20.1 Å². The van der Waals surface area contributed by atoms with Crippen molar-refractivity contribution in [2.75, 3.05) is 25.6 Å². The summed E-state index contributed by atoms with van der Waals surface area (Å²) < 4.78 is 12.7. The molecule has 1 aliphatic heterocycles. The number of anilines is 1. The number of carbonyl (C=O) groups excluding carboxylic acids is 1. The first-order valence-electron chi connectivity index (χ1n) is 14.2. The first-order valence-corrected chi connectivity index (χ1v) is 14.2. The number of aliphatic carboxylic acids is 2. The van der Waals surface area contributed by atoms with Crippen LogP contribution in [0.15, 0.2) is 36.4 Å². The summed E-state index contributed by atoms with van der Waals surface area (Å²) in [5, 5.41) is 55.8. The molecule has 0 saturated carbocycles. The van der Waals surface area contributed by atoms with E-state index in [9.17, 15) is 24.6 Å². The standard InChI is InChI=1S/C26H33N5O5.C4H6O5/c1-5-22-29-25(16-6-8-18(35-4)9-7-16)30-31(22)11-10-26(2,3)27-14-21(33)19-12-17(32)13-20-24(19)36-15-23(34)28-20;5-2(4(8)9)1-3(6)7/h6-9,12-13,21,27,32-33H,5,10-11,14-15H2,1-4H3,(H,28,34);2,5H,1H2,(H,6,7)(H,8,9). The van der Waals surface area contributed by atoms with Crippen LogP contribution in [-0.4, -0.2) is 90.0 Å². The third kappa shape index (κ3) is 9.89. The Labute approximate surface area is 259 Å². The molecule has 1 aromatic heterocycles. The zero-order valence-corrected chi connectivity index (χ0v) is 25.5. The van der Waals surface area contributed by atoms with Crippen molar-refractivity contribution < 1.29 is 49.4 Å². The average Bonchev–Trinajstić information content (AvgIpc) is 3.41. The third-order valence-electron chi connectivity index (χ3n) is 6.87. The molecule has 1 aliphatic rings. The molecule has 1 amide bonds. The van der Waals surface area contributed by atoms with E-state index in [4.69, 9.17) is 34.9 Å². The summed E-state index contributed by atoms with van der Waals surface area (Å²) in [6.45, 7) is 6.92. The maximum absolute atomic E-state index is 11.6. The number of nitrogens with one attached hydrogen (secondary N) is 2. The second-order valence-electron chi connectivity index (χ2n) is 10.9. The lowest BCUT2D eigenvalue weighted by Gasteiger charge is -2.29. The van der Waals surface area contributed by atoms with E-state index in [1.165, 1.54) is 12.1 Å². The summed E-state index contributed by atoms with van der Waals surface area (Å²) in [6, 6.07) is 10.5. The van der Waals surface area contributed by atoms with Gasteiger partial charge in [0.25, 0.3) is 5.91 Å². The number of hydrogen-bond acceptors (Lipinski definition) is 11. The van der Waals surface area contributed by atoms with Gasteiger partial charge in [-0.1, -0.05) is 6.92 Å². The van der Waals surface area contributed by atoms with Crippen LogP contribution in [0.4, 0.5) is 5.69 Å². The van der Waals surface area contributed by atoms with Gasteiger partial charge in [0.05, 0.1) is 25.3 Å². The minimum Gasteiger partial charge on any atom is -0.508 e. The number of carboxylic acids is 2. The molecule has 7 N–H and O–H groups in total. The second-order valence-corrected chi connectivity index (χ2v) is 10.9. The number of phenols is 1. The predicted octanol–water partition coefficient (Wildman–Crippen LogP) is 1.95. The molecule has 0 aliphatic carbocycles. The van der Waals surface area contributed by atoms with Crippen molar-refractivity contribution in [3.05, 3.63) is 47.8 Å². The molecule has 0 fully saturated rings. The molecule has 45 heavy (non-hydrogen) atoms. The monoisotopic (exact) mass is 629 g/mol. The third-order valence-corrected chi connectivity index (χ3v) is 6.87. The van der Waals surface area contributed by atoms with Gasteiger partial charge >= 0.3 is 11.9 Å². The first-order chi connectivity index (χ1) is 21.2. The molecule has 3 aromatic rings. The molecule has 15 nitrogen and oxygen atoms in total. The second kappa shape index (κ2) is 15.3. The molecule has 4 rings (SSSR count). The number of fused-ring (bicyclic) bond motifs is 1. The number of benzene rings is 2. The van der Waals surface area contributed by atoms with Gasteiger partial charge in [-0.2, -0.15) is 5.10 Å². The molecule has 0 saturated heterocycles. The zero-order valence-electron chi connectivity index (χ0n) is 25.5. The fourth-order valence-corrected chi connectivity index (χ4v) is 4.35. The Morgan fingerprint density at radius 3 is 2.44 bits per heavy atom. The van der Waals surface area contributed by atoms with E-state index < -0.39 is 30.6 Å². The summed E-state index contributed by atoms with van der Waals surface area (Å²) in [6.07, 6.45) is -1.99. The number of phenolic OH excluding ortho intramolecular Hbond substituents is 1. The number of aliphatic hydroxyl groups is 2. The Bertz CT molecular complexity index is 1490. The summed E-state index contributed by atoms with van der Waals surface area (Å²) in [4.78, 5) is 35.7. The number of aliphatic hydroxyl groups excluding tert-OH is 2. The Kier molecular flexibility index (Phi) is 11.8. The van der Waals surface area contributed by atoms with Crippen molar-refractivity contribution in [2.24, 2.45) is 0 Å². The maximum atomic E-state index is 11.6. The Morgan fingerprint density at radius 2 is 1.87 bits per heavy atom. The highest BCUT2D eigenvalue weighted by molar-refractivity contribution is 5.96. The number of nitrogens with zero attached hydrogens (tertiary/aromatic N) is 3. The maximum Gasteiger partial charge on any atom is 0.333 e. The van der Waals surface area contributed by atoms with Crippen LogP contribution in [0.3, 0.4) is 0 Å². The molecule has 15 heteroatoms. The van der Waals surface area contributed by atoms with E-state index in [1.54, 1.807) is 7.11 Å². The molecule has 244 valence electrons. The lowest BCUT2D eigenvalue weighted by Crippen LogP contribution is -2.42. The average molecular weight is 630 g/mol. The SMILES string of the molecule is CCc1nc(-c2ccc(OC)cc2)nn1CCC(C)(C)NCC(O)c1cc(O)cc2c1OCC(=O)N2.O=C(O)CC(O)C(=O)O. The van der Waals surface area contributed by atoms with Gasteiger partial charge in [0.1, 0.15) is 23.1 Å². The van der Waals surface area contributed by atoms with Crippen molar-refractivity contribution in [2.45, 2.75) is 64.3 Å². The van der Waals surface area contributed by atoms with Crippen LogP contribution < -0.4 is 20.1 Å². The lowest BCUT2D eigenvalue weighted by molar-refractivity contribution is -0.152. The number of aromatic hydroxyl groups is 1. The minimum absolute atomic E-state index is 0.0567. The molecule has 2 aromatic carbocycles. The van der Waals surface area contributed by atoms with Crippen molar-refractivity contribution in [3.63, 3.8) is 0 Å². The van der Waals surface area contributed by atoms with E-state index in [2.05, 4.69) is 31.4 Å². The van der Waals surface area contributed by atoms with Crippen LogP contribution in [0.1, 0.15) is 51.1 Å². The zero-order chi connectivity index (χ0) is 33.3. The van der Waals surface area contributed by atoms with E-state index in [0.717, 1.165) is 30.0 Å². The summed E-state index contributed by atoms with van der Waals surface area (Å²) in [5.74, 6) is -0.463. The van der Waals surface area contributed by atoms with Crippen LogP contribution in [0.25, 0.3) is 11.4 Å². The van der Waals surface area contributed by atoms with Gasteiger partial charge < -0.3 is 45.6 Å². The highest BCUT2D eigenvalue weighted by Gasteiger charge is 2.26. The van der Waals surface area contributed by atoms with Gasteiger partial charge in [0, 0.05) is 42.2 Å². The molecule has 0 spiro atoms. The predicted molar refractivity (Wildman–Crippen MR) is 161 cm³/mol. The quantitative estimate of drug-likeness (QED) is 0.144. The Morgan fingerprint density at radius 1 is 1.18 bits per heavy atom. The number of carbonyl (C=O) groups is 3. The Balaban J connectivity index is 0.000000535. The largest absolute Gasteiger partial charge is 0.508 e. The number of carboxylic acid groups (broad SMARTS) is 2. The number of hydrogen-bond donors (Lipinski definition) is 7. The van der Waals surface area contributed by atoms with Gasteiger partial charge in [-0.05, 0) is 50.6 Å². The molecule has 0 radical (unpaired) electrons. The number of methoxy groups -OCH3 is 1. The smallest absolute Gasteiger partial charge is 0.333 e. The van der Waals surface area contributed by atoms with Crippen LogP contribution in [0, 0.1) is 0 Å². The number of aryl methyl sites for hydroxylation is 2.